The van der Waals surface area contributed by atoms with E-state index in [0.717, 1.165) is 14.4 Å². The summed E-state index contributed by atoms with van der Waals surface area (Å²) < 4.78 is 1.08. The summed E-state index contributed by atoms with van der Waals surface area (Å²) >= 11 is 5.04. The number of halogens is 1. The van der Waals surface area contributed by atoms with Gasteiger partial charge < -0.3 is 10.2 Å². The van der Waals surface area contributed by atoms with E-state index in [4.69, 9.17) is 0 Å². The molecule has 3 nitrogen and oxygen atoms in total. The average Bonchev–Trinajstić information content (AvgIpc) is 2.82. The number of hydrogen-bond acceptors (Lipinski definition) is 3. The molecule has 5 heteroatoms. The van der Waals surface area contributed by atoms with E-state index >= 15 is 0 Å². The van der Waals surface area contributed by atoms with Crippen LogP contribution < -0.4 is 10.2 Å². The number of benzene rings is 1. The molecule has 0 aliphatic rings. The van der Waals surface area contributed by atoms with Crippen LogP contribution >= 0.6 is 27.3 Å². The highest BCUT2D eigenvalue weighted by Gasteiger charge is 2.07. The SMILES string of the molecule is CN(C)c1cccc(C(=O)NCc2ccc(Br)s2)c1. The monoisotopic (exact) mass is 338 g/mol. The molecular weight excluding hydrogens is 324 g/mol. The molecular formula is C14H15BrN2OS. The summed E-state index contributed by atoms with van der Waals surface area (Å²) in [5.41, 5.74) is 1.70. The van der Waals surface area contributed by atoms with E-state index in [1.54, 1.807) is 11.3 Å². The number of rotatable bonds is 4. The number of carbonyl (C=O) groups is 1. The summed E-state index contributed by atoms with van der Waals surface area (Å²) in [6.45, 7) is 0.557. The molecule has 2 rings (SSSR count). The molecule has 0 bridgehead atoms. The van der Waals surface area contributed by atoms with Crippen molar-refractivity contribution in [3.8, 4) is 0 Å². The molecule has 0 unspecified atom stereocenters. The number of nitrogens with zero attached hydrogens (tertiary/aromatic N) is 1. The Hall–Kier alpha value is -1.33. The van der Waals surface area contributed by atoms with Gasteiger partial charge in [-0.15, -0.1) is 11.3 Å². The quantitative estimate of drug-likeness (QED) is 0.925. The largest absolute Gasteiger partial charge is 0.378 e. The molecule has 1 aromatic heterocycles. The Morgan fingerprint density at radius 2 is 2.11 bits per heavy atom. The fourth-order valence-corrected chi connectivity index (χ4v) is 3.06. The topological polar surface area (TPSA) is 32.3 Å². The third-order valence-electron chi connectivity index (χ3n) is 2.68. The van der Waals surface area contributed by atoms with Gasteiger partial charge in [-0.1, -0.05) is 6.07 Å². The molecule has 0 radical (unpaired) electrons. The minimum absolute atomic E-state index is 0.0479. The first kappa shape index (κ1) is 14.1. The fraction of sp³-hybridized carbons (Fsp3) is 0.214. The van der Waals surface area contributed by atoms with Crippen LogP contribution in [0.3, 0.4) is 0 Å². The first-order valence-corrected chi connectivity index (χ1v) is 7.47. The minimum Gasteiger partial charge on any atom is -0.378 e. The Morgan fingerprint density at radius 1 is 1.32 bits per heavy atom. The van der Waals surface area contributed by atoms with Crippen molar-refractivity contribution in [2.24, 2.45) is 0 Å². The molecule has 1 N–H and O–H groups in total. The van der Waals surface area contributed by atoms with Crippen LogP contribution in [0.2, 0.25) is 0 Å². The summed E-state index contributed by atoms with van der Waals surface area (Å²) in [7, 11) is 3.92. The molecule has 1 amide bonds. The molecule has 0 spiro atoms. The molecule has 0 atom stereocenters. The van der Waals surface area contributed by atoms with Crippen LogP contribution in [0, 0.1) is 0 Å². The Morgan fingerprint density at radius 3 is 2.74 bits per heavy atom. The molecule has 19 heavy (non-hydrogen) atoms. The van der Waals surface area contributed by atoms with Gasteiger partial charge in [-0.2, -0.15) is 0 Å². The molecule has 0 aliphatic heterocycles. The Balaban J connectivity index is 2.01. The third-order valence-corrected chi connectivity index (χ3v) is 4.30. The van der Waals surface area contributed by atoms with E-state index in [0.29, 0.717) is 12.1 Å². The predicted molar refractivity (Wildman–Crippen MR) is 84.0 cm³/mol. The second-order valence-electron chi connectivity index (χ2n) is 4.33. The van der Waals surface area contributed by atoms with Crippen LogP contribution in [0.15, 0.2) is 40.2 Å². The smallest absolute Gasteiger partial charge is 0.251 e. The van der Waals surface area contributed by atoms with Crippen LogP contribution in [0.5, 0.6) is 0 Å². The van der Waals surface area contributed by atoms with E-state index in [2.05, 4.69) is 21.2 Å². The van der Waals surface area contributed by atoms with E-state index < -0.39 is 0 Å². The van der Waals surface area contributed by atoms with Gasteiger partial charge >= 0.3 is 0 Å². The Labute approximate surface area is 125 Å². The van der Waals surface area contributed by atoms with Gasteiger partial charge in [-0.05, 0) is 46.3 Å². The van der Waals surface area contributed by atoms with Gasteiger partial charge in [-0.3, -0.25) is 4.79 Å². The second kappa shape index (κ2) is 6.21. The number of carbonyl (C=O) groups excluding carboxylic acids is 1. The lowest BCUT2D eigenvalue weighted by molar-refractivity contribution is 0.0951. The zero-order valence-corrected chi connectivity index (χ0v) is 13.2. The van der Waals surface area contributed by atoms with Crippen molar-refractivity contribution in [3.63, 3.8) is 0 Å². The van der Waals surface area contributed by atoms with E-state index in [-0.39, 0.29) is 5.91 Å². The average molecular weight is 339 g/mol. The lowest BCUT2D eigenvalue weighted by Crippen LogP contribution is -2.22. The molecule has 0 saturated carbocycles. The van der Waals surface area contributed by atoms with Crippen LogP contribution in [0.1, 0.15) is 15.2 Å². The van der Waals surface area contributed by atoms with E-state index in [1.165, 1.54) is 0 Å². The maximum Gasteiger partial charge on any atom is 0.251 e. The lowest BCUT2D eigenvalue weighted by Gasteiger charge is -2.13. The van der Waals surface area contributed by atoms with Crippen molar-refractivity contribution in [3.05, 3.63) is 50.6 Å². The minimum atomic E-state index is -0.0479. The van der Waals surface area contributed by atoms with Gasteiger partial charge in [0.2, 0.25) is 0 Å². The summed E-state index contributed by atoms with van der Waals surface area (Å²) in [4.78, 5) is 15.2. The third kappa shape index (κ3) is 3.81. The fourth-order valence-electron chi connectivity index (χ4n) is 1.64. The maximum absolute atomic E-state index is 12.1. The van der Waals surface area contributed by atoms with Crippen molar-refractivity contribution in [2.45, 2.75) is 6.54 Å². The van der Waals surface area contributed by atoms with Crippen molar-refractivity contribution in [1.82, 2.24) is 5.32 Å². The van der Waals surface area contributed by atoms with E-state index in [9.17, 15) is 4.79 Å². The van der Waals surface area contributed by atoms with Gasteiger partial charge in [0, 0.05) is 30.2 Å². The standard InChI is InChI=1S/C14H15BrN2OS/c1-17(2)11-5-3-4-10(8-11)14(18)16-9-12-6-7-13(15)19-12/h3-8H,9H2,1-2H3,(H,16,18). The van der Waals surface area contributed by atoms with Crippen molar-refractivity contribution >= 4 is 38.9 Å². The molecule has 1 aromatic carbocycles. The van der Waals surface area contributed by atoms with Crippen LogP contribution in [0.25, 0.3) is 0 Å². The number of anilines is 1. The Kier molecular flexibility index (Phi) is 4.61. The van der Waals surface area contributed by atoms with Crippen LogP contribution in [-0.2, 0) is 6.54 Å². The summed E-state index contributed by atoms with van der Waals surface area (Å²) in [6, 6.07) is 11.6. The molecule has 100 valence electrons. The molecule has 0 aliphatic carbocycles. The van der Waals surface area contributed by atoms with Crippen molar-refractivity contribution in [1.29, 1.82) is 0 Å². The van der Waals surface area contributed by atoms with Gasteiger partial charge in [0.15, 0.2) is 0 Å². The predicted octanol–water partition coefficient (Wildman–Crippen LogP) is 3.51. The van der Waals surface area contributed by atoms with Crippen LogP contribution in [-0.4, -0.2) is 20.0 Å². The molecule has 0 fully saturated rings. The van der Waals surface area contributed by atoms with Crippen LogP contribution in [0.4, 0.5) is 5.69 Å². The van der Waals surface area contributed by atoms with E-state index in [1.807, 2.05) is 55.4 Å². The first-order chi connectivity index (χ1) is 9.06. The van der Waals surface area contributed by atoms with Crippen molar-refractivity contribution < 1.29 is 4.79 Å². The van der Waals surface area contributed by atoms with Gasteiger partial charge in [-0.25, -0.2) is 0 Å². The number of amides is 1. The lowest BCUT2D eigenvalue weighted by atomic mass is 10.2. The number of nitrogens with one attached hydrogen (secondary N) is 1. The highest BCUT2D eigenvalue weighted by molar-refractivity contribution is 9.11. The highest BCUT2D eigenvalue weighted by atomic mass is 79.9. The zero-order chi connectivity index (χ0) is 13.8. The van der Waals surface area contributed by atoms with Gasteiger partial charge in [0.25, 0.3) is 5.91 Å². The Bertz CT molecular complexity index is 580. The summed E-state index contributed by atoms with van der Waals surface area (Å²) in [5, 5.41) is 2.93. The first-order valence-electron chi connectivity index (χ1n) is 5.86. The molecule has 0 saturated heterocycles. The number of thiophene rings is 1. The van der Waals surface area contributed by atoms with Gasteiger partial charge in [0.05, 0.1) is 10.3 Å². The molecule has 2 aromatic rings. The second-order valence-corrected chi connectivity index (χ2v) is 6.88. The molecule has 1 heterocycles. The highest BCUT2D eigenvalue weighted by Crippen LogP contribution is 2.22. The van der Waals surface area contributed by atoms with Crippen molar-refractivity contribution in [2.75, 3.05) is 19.0 Å². The van der Waals surface area contributed by atoms with Gasteiger partial charge in [0.1, 0.15) is 0 Å². The number of hydrogen-bond donors (Lipinski definition) is 1. The summed E-state index contributed by atoms with van der Waals surface area (Å²) in [5.74, 6) is -0.0479. The zero-order valence-electron chi connectivity index (χ0n) is 10.8. The normalized spacial score (nSPS) is 10.3. The maximum atomic E-state index is 12.1. The summed E-state index contributed by atoms with van der Waals surface area (Å²) in [6.07, 6.45) is 0.